The fourth-order valence-electron chi connectivity index (χ4n) is 9.41. The number of hydrogen-bond donors (Lipinski definition) is 0. The minimum absolute atomic E-state index is 0.798. The van der Waals surface area contributed by atoms with Gasteiger partial charge in [-0.05, 0) is 37.5 Å². The topological polar surface area (TPSA) is 9.23 Å². The molecule has 0 rings (SSSR count). The van der Waals surface area contributed by atoms with Crippen LogP contribution in [0.5, 0.6) is 0 Å². The van der Waals surface area contributed by atoms with E-state index in [0.717, 1.165) is 25.0 Å². The molecule has 0 spiro atoms. The molecule has 0 saturated heterocycles. The lowest BCUT2D eigenvalue weighted by atomic mass is 9.93. The third kappa shape index (κ3) is 48.5. The third-order valence-corrected chi connectivity index (χ3v) is 13.6. The predicted octanol–water partition coefficient (Wildman–Crippen LogP) is 21.0. The van der Waals surface area contributed by atoms with Crippen LogP contribution < -0.4 is 0 Å². The van der Waals surface area contributed by atoms with Crippen molar-refractivity contribution in [3.63, 3.8) is 0 Å². The van der Waals surface area contributed by atoms with Gasteiger partial charge >= 0.3 is 0 Å². The van der Waals surface area contributed by atoms with Crippen molar-refractivity contribution in [2.75, 3.05) is 13.2 Å². The van der Waals surface area contributed by atoms with Crippen LogP contribution in [0.4, 0.5) is 0 Å². The van der Waals surface area contributed by atoms with Crippen LogP contribution in [-0.2, 0) is 4.74 Å². The fourth-order valence-corrected chi connectivity index (χ4v) is 9.41. The number of hydrogen-bond acceptors (Lipinski definition) is 1. The molecule has 0 radical (unpaired) electrons. The lowest BCUT2D eigenvalue weighted by Crippen LogP contribution is -2.16. The molecular formula is C56H114O. The quantitative estimate of drug-likeness (QED) is 0.0557. The first kappa shape index (κ1) is 57.0. The van der Waals surface area contributed by atoms with Crippen LogP contribution in [-0.4, -0.2) is 13.2 Å². The van der Waals surface area contributed by atoms with E-state index in [4.69, 9.17) is 4.74 Å². The van der Waals surface area contributed by atoms with Crippen molar-refractivity contribution < 1.29 is 4.74 Å². The van der Waals surface area contributed by atoms with Gasteiger partial charge in [0.2, 0.25) is 0 Å². The molecule has 0 saturated carbocycles. The van der Waals surface area contributed by atoms with E-state index in [9.17, 15) is 0 Å². The summed E-state index contributed by atoms with van der Waals surface area (Å²) in [5, 5.41) is 0. The summed E-state index contributed by atoms with van der Waals surface area (Å²) in [7, 11) is 0. The van der Waals surface area contributed by atoms with Gasteiger partial charge in [0, 0.05) is 13.2 Å². The van der Waals surface area contributed by atoms with Crippen molar-refractivity contribution in [3.8, 4) is 0 Å². The predicted molar refractivity (Wildman–Crippen MR) is 262 cm³/mol. The highest BCUT2D eigenvalue weighted by Crippen LogP contribution is 2.24. The van der Waals surface area contributed by atoms with Gasteiger partial charge in [0.15, 0.2) is 0 Å². The molecule has 1 nitrogen and oxygen atoms in total. The molecule has 0 N–H and O–H groups in total. The molecular weight excluding hydrogens is 689 g/mol. The van der Waals surface area contributed by atoms with E-state index < -0.39 is 0 Å². The number of rotatable bonds is 52. The summed E-state index contributed by atoms with van der Waals surface area (Å²) in [5.74, 6) is 1.60. The lowest BCUT2D eigenvalue weighted by Gasteiger charge is -2.21. The molecule has 0 aromatic rings. The SMILES string of the molecule is CCCCCCCCCCCCCCC(CCCCCCCCCCCC)COCC(CCCCCCCCCCCC)CCCCCCCCCCCCCC. The Kier molecular flexibility index (Phi) is 52.1. The van der Waals surface area contributed by atoms with Crippen LogP contribution in [0.1, 0.15) is 336 Å². The Labute approximate surface area is 364 Å². The molecule has 0 aromatic heterocycles. The van der Waals surface area contributed by atoms with Crippen molar-refractivity contribution >= 4 is 0 Å². The van der Waals surface area contributed by atoms with E-state index in [1.54, 1.807) is 0 Å². The Morgan fingerprint density at radius 3 is 0.491 bits per heavy atom. The summed E-state index contributed by atoms with van der Waals surface area (Å²) >= 11 is 0. The van der Waals surface area contributed by atoms with Crippen LogP contribution in [0, 0.1) is 11.8 Å². The molecule has 0 bridgehead atoms. The van der Waals surface area contributed by atoms with E-state index in [1.165, 1.54) is 308 Å². The van der Waals surface area contributed by atoms with E-state index in [0.29, 0.717) is 0 Å². The molecule has 0 aliphatic rings. The van der Waals surface area contributed by atoms with Crippen molar-refractivity contribution in [1.29, 1.82) is 0 Å². The van der Waals surface area contributed by atoms with Gasteiger partial charge in [0.05, 0.1) is 0 Å². The second-order valence-electron chi connectivity index (χ2n) is 19.6. The number of unbranched alkanes of at least 4 members (excludes halogenated alkanes) is 40. The molecule has 57 heavy (non-hydrogen) atoms. The zero-order valence-electron chi connectivity index (χ0n) is 40.9. The highest BCUT2D eigenvalue weighted by Gasteiger charge is 2.13. The lowest BCUT2D eigenvalue weighted by molar-refractivity contribution is 0.0586. The molecule has 0 heterocycles. The zero-order valence-corrected chi connectivity index (χ0v) is 40.9. The van der Waals surface area contributed by atoms with Crippen LogP contribution in [0.3, 0.4) is 0 Å². The minimum atomic E-state index is 0.798. The Morgan fingerprint density at radius 1 is 0.193 bits per heavy atom. The summed E-state index contributed by atoms with van der Waals surface area (Å²) in [4.78, 5) is 0. The maximum Gasteiger partial charge on any atom is 0.0494 e. The number of ether oxygens (including phenoxy) is 1. The van der Waals surface area contributed by atoms with Gasteiger partial charge in [-0.3, -0.25) is 0 Å². The summed E-state index contributed by atoms with van der Waals surface area (Å²) in [6.45, 7) is 11.4. The average Bonchev–Trinajstić information content (AvgIpc) is 3.22. The zero-order chi connectivity index (χ0) is 41.2. The summed E-state index contributed by atoms with van der Waals surface area (Å²) in [6.07, 6.45) is 69.4. The van der Waals surface area contributed by atoms with Crippen molar-refractivity contribution in [2.45, 2.75) is 336 Å². The molecule has 0 amide bonds. The summed E-state index contributed by atoms with van der Waals surface area (Å²) in [6, 6.07) is 0. The van der Waals surface area contributed by atoms with Gasteiger partial charge < -0.3 is 4.74 Å². The molecule has 0 aromatic carbocycles. The largest absolute Gasteiger partial charge is 0.381 e. The van der Waals surface area contributed by atoms with Gasteiger partial charge in [0.1, 0.15) is 0 Å². The maximum absolute atomic E-state index is 6.76. The second-order valence-corrected chi connectivity index (χ2v) is 19.6. The molecule has 2 unspecified atom stereocenters. The van der Waals surface area contributed by atoms with E-state index >= 15 is 0 Å². The maximum atomic E-state index is 6.76. The molecule has 0 fully saturated rings. The monoisotopic (exact) mass is 803 g/mol. The van der Waals surface area contributed by atoms with E-state index in [1.807, 2.05) is 0 Å². The van der Waals surface area contributed by atoms with Gasteiger partial charge in [-0.1, -0.05) is 310 Å². The fraction of sp³-hybridized carbons (Fsp3) is 1.00. The van der Waals surface area contributed by atoms with E-state index in [-0.39, 0.29) is 0 Å². The van der Waals surface area contributed by atoms with E-state index in [2.05, 4.69) is 27.7 Å². The molecule has 2 atom stereocenters. The van der Waals surface area contributed by atoms with Crippen LogP contribution >= 0.6 is 0 Å². The van der Waals surface area contributed by atoms with Crippen LogP contribution in [0.2, 0.25) is 0 Å². The Bertz CT molecular complexity index is 616. The van der Waals surface area contributed by atoms with Gasteiger partial charge in [-0.2, -0.15) is 0 Å². The molecule has 0 aliphatic heterocycles. The average molecular weight is 804 g/mol. The highest BCUT2D eigenvalue weighted by atomic mass is 16.5. The Balaban J connectivity index is 4.65. The summed E-state index contributed by atoms with van der Waals surface area (Å²) in [5.41, 5.74) is 0. The standard InChI is InChI=1S/C56H114O/c1-5-9-13-17-21-25-29-31-35-39-43-47-51-55(49-45-41-37-33-27-23-19-15-11-7-3)53-57-54-56(50-46-42-38-34-28-24-20-16-12-8-4)52-48-44-40-36-32-30-26-22-18-14-10-6-2/h55-56H,5-54H2,1-4H3. The van der Waals surface area contributed by atoms with Crippen molar-refractivity contribution in [1.82, 2.24) is 0 Å². The smallest absolute Gasteiger partial charge is 0.0494 e. The van der Waals surface area contributed by atoms with Crippen molar-refractivity contribution in [2.24, 2.45) is 11.8 Å². The van der Waals surface area contributed by atoms with Crippen LogP contribution in [0.15, 0.2) is 0 Å². The minimum Gasteiger partial charge on any atom is -0.381 e. The van der Waals surface area contributed by atoms with Gasteiger partial charge in [-0.25, -0.2) is 0 Å². The first-order chi connectivity index (χ1) is 28.3. The van der Waals surface area contributed by atoms with Gasteiger partial charge in [-0.15, -0.1) is 0 Å². The van der Waals surface area contributed by atoms with Crippen molar-refractivity contribution in [3.05, 3.63) is 0 Å². The first-order valence-corrected chi connectivity index (χ1v) is 27.9. The first-order valence-electron chi connectivity index (χ1n) is 27.9. The third-order valence-electron chi connectivity index (χ3n) is 13.6. The summed E-state index contributed by atoms with van der Waals surface area (Å²) < 4.78 is 6.76. The Hall–Kier alpha value is -0.0400. The highest BCUT2D eigenvalue weighted by molar-refractivity contribution is 4.65. The second kappa shape index (κ2) is 52.1. The normalized spacial score (nSPS) is 12.8. The van der Waals surface area contributed by atoms with Gasteiger partial charge in [0.25, 0.3) is 0 Å². The molecule has 1 heteroatoms. The Morgan fingerprint density at radius 2 is 0.333 bits per heavy atom. The van der Waals surface area contributed by atoms with Crippen LogP contribution in [0.25, 0.3) is 0 Å². The molecule has 344 valence electrons. The molecule has 0 aliphatic carbocycles.